The smallest absolute Gasteiger partial charge is 0.332 e. The third kappa shape index (κ3) is 4.65. The minimum atomic E-state index is -0.715. The molecule has 0 aliphatic carbocycles. The molecule has 0 fully saturated rings. The van der Waals surface area contributed by atoms with E-state index < -0.39 is 6.03 Å². The second kappa shape index (κ2) is 7.68. The fourth-order valence-electron chi connectivity index (χ4n) is 1.65. The van der Waals surface area contributed by atoms with Gasteiger partial charge in [0.05, 0.1) is 6.21 Å². The van der Waals surface area contributed by atoms with Crippen molar-refractivity contribution in [3.63, 3.8) is 0 Å². The van der Waals surface area contributed by atoms with Crippen molar-refractivity contribution in [2.45, 2.75) is 6.61 Å². The molecule has 0 aliphatic rings. The van der Waals surface area contributed by atoms with Crippen LogP contribution in [0.25, 0.3) is 0 Å². The monoisotopic (exact) mass is 337 g/mol. The molecule has 22 heavy (non-hydrogen) atoms. The molecule has 0 radical (unpaired) electrons. The number of nitrogens with zero attached hydrogens (tertiary/aromatic N) is 1. The molecule has 2 rings (SSSR count). The van der Waals surface area contributed by atoms with Gasteiger partial charge in [0.25, 0.3) is 0 Å². The summed E-state index contributed by atoms with van der Waals surface area (Å²) < 4.78 is 5.65. The Balaban J connectivity index is 1.97. The predicted molar refractivity (Wildman–Crippen MR) is 87.5 cm³/mol. The molecule has 0 bridgehead atoms. The number of halogens is 2. The number of urea groups is 1. The number of hydrogen-bond acceptors (Lipinski definition) is 3. The van der Waals surface area contributed by atoms with Crippen molar-refractivity contribution in [3.8, 4) is 5.75 Å². The van der Waals surface area contributed by atoms with Crippen LogP contribution in [0.2, 0.25) is 10.0 Å². The molecule has 0 spiro atoms. The molecule has 5 nitrogen and oxygen atoms in total. The van der Waals surface area contributed by atoms with Gasteiger partial charge < -0.3 is 10.5 Å². The molecule has 2 amide bonds. The van der Waals surface area contributed by atoms with Gasteiger partial charge in [0.1, 0.15) is 12.4 Å². The van der Waals surface area contributed by atoms with Gasteiger partial charge in [-0.2, -0.15) is 5.10 Å². The average molecular weight is 338 g/mol. The fraction of sp³-hybridized carbons (Fsp3) is 0.0667. The van der Waals surface area contributed by atoms with Crippen molar-refractivity contribution in [1.29, 1.82) is 0 Å². The van der Waals surface area contributed by atoms with Crippen LogP contribution in [0.3, 0.4) is 0 Å². The Morgan fingerprint density at radius 1 is 1.18 bits per heavy atom. The third-order valence-corrected chi connectivity index (χ3v) is 3.42. The SMILES string of the molecule is NC(=O)N/N=C/c1ccc(OCc2c(Cl)cccc2Cl)cc1. The fourth-order valence-corrected chi connectivity index (χ4v) is 2.15. The molecular weight excluding hydrogens is 325 g/mol. The maximum Gasteiger partial charge on any atom is 0.332 e. The number of ether oxygens (including phenoxy) is 1. The number of carbonyl (C=O) groups is 1. The first kappa shape index (κ1) is 16.1. The maximum absolute atomic E-state index is 10.5. The number of rotatable bonds is 5. The third-order valence-electron chi connectivity index (χ3n) is 2.71. The van der Waals surface area contributed by atoms with Crippen LogP contribution >= 0.6 is 23.2 Å². The zero-order valence-corrected chi connectivity index (χ0v) is 12.9. The summed E-state index contributed by atoms with van der Waals surface area (Å²) in [6.45, 7) is 0.273. The summed E-state index contributed by atoms with van der Waals surface area (Å²) in [6.07, 6.45) is 1.47. The van der Waals surface area contributed by atoms with Gasteiger partial charge >= 0.3 is 6.03 Å². The van der Waals surface area contributed by atoms with Crippen LogP contribution in [0.4, 0.5) is 4.79 Å². The zero-order chi connectivity index (χ0) is 15.9. The quantitative estimate of drug-likeness (QED) is 0.646. The van der Waals surface area contributed by atoms with Gasteiger partial charge in [0, 0.05) is 15.6 Å². The summed E-state index contributed by atoms with van der Waals surface area (Å²) in [5.74, 6) is 0.663. The normalized spacial score (nSPS) is 10.6. The van der Waals surface area contributed by atoms with Crippen molar-refractivity contribution >= 4 is 35.4 Å². The van der Waals surface area contributed by atoms with E-state index in [1.807, 2.05) is 0 Å². The number of benzene rings is 2. The van der Waals surface area contributed by atoms with E-state index in [0.717, 1.165) is 11.1 Å². The van der Waals surface area contributed by atoms with E-state index in [1.54, 1.807) is 42.5 Å². The Bertz CT molecular complexity index is 667. The summed E-state index contributed by atoms with van der Waals surface area (Å²) >= 11 is 12.2. The van der Waals surface area contributed by atoms with Gasteiger partial charge in [-0.1, -0.05) is 29.3 Å². The van der Waals surface area contributed by atoms with Crippen molar-refractivity contribution < 1.29 is 9.53 Å². The summed E-state index contributed by atoms with van der Waals surface area (Å²) in [5.41, 5.74) is 8.54. The minimum absolute atomic E-state index is 0.273. The Labute approximate surface area is 137 Å². The molecule has 0 aromatic heterocycles. The Kier molecular flexibility index (Phi) is 5.63. The van der Waals surface area contributed by atoms with Crippen LogP contribution < -0.4 is 15.9 Å². The second-order valence-electron chi connectivity index (χ2n) is 4.29. The van der Waals surface area contributed by atoms with E-state index in [2.05, 4.69) is 10.5 Å². The van der Waals surface area contributed by atoms with E-state index in [0.29, 0.717) is 15.8 Å². The van der Waals surface area contributed by atoms with Gasteiger partial charge in [-0.05, 0) is 42.0 Å². The van der Waals surface area contributed by atoms with Crippen LogP contribution in [-0.2, 0) is 6.61 Å². The lowest BCUT2D eigenvalue weighted by molar-refractivity contribution is 0.249. The lowest BCUT2D eigenvalue weighted by Gasteiger charge is -2.09. The molecule has 0 unspecified atom stereocenters. The van der Waals surface area contributed by atoms with Gasteiger partial charge in [-0.3, -0.25) is 0 Å². The highest BCUT2D eigenvalue weighted by Gasteiger charge is 2.06. The Morgan fingerprint density at radius 2 is 1.82 bits per heavy atom. The Hall–Kier alpha value is -2.24. The number of hydrazone groups is 1. The van der Waals surface area contributed by atoms with Crippen LogP contribution in [0.15, 0.2) is 47.6 Å². The molecule has 2 aromatic rings. The van der Waals surface area contributed by atoms with E-state index in [1.165, 1.54) is 6.21 Å². The van der Waals surface area contributed by atoms with E-state index >= 15 is 0 Å². The van der Waals surface area contributed by atoms with Crippen LogP contribution in [0, 0.1) is 0 Å². The number of amides is 2. The molecule has 2 aromatic carbocycles. The highest BCUT2D eigenvalue weighted by Crippen LogP contribution is 2.25. The number of nitrogens with two attached hydrogens (primary N) is 1. The first-order valence-electron chi connectivity index (χ1n) is 6.30. The first-order valence-corrected chi connectivity index (χ1v) is 7.06. The summed E-state index contributed by atoms with van der Waals surface area (Å²) in [6, 6.07) is 11.7. The molecule has 3 N–H and O–H groups in total. The van der Waals surface area contributed by atoms with Crippen molar-refractivity contribution in [3.05, 3.63) is 63.6 Å². The molecule has 0 aliphatic heterocycles. The molecule has 0 heterocycles. The van der Waals surface area contributed by atoms with Gasteiger partial charge in [0.15, 0.2) is 0 Å². The Morgan fingerprint density at radius 3 is 2.41 bits per heavy atom. The standard InChI is InChI=1S/C15H13Cl2N3O2/c16-13-2-1-3-14(17)12(13)9-22-11-6-4-10(5-7-11)8-19-20-15(18)21/h1-8H,9H2,(H3,18,20,21)/b19-8+. The molecular formula is C15H13Cl2N3O2. The van der Waals surface area contributed by atoms with Crippen LogP contribution in [-0.4, -0.2) is 12.2 Å². The van der Waals surface area contributed by atoms with Gasteiger partial charge in [-0.25, -0.2) is 10.2 Å². The topological polar surface area (TPSA) is 76.7 Å². The summed E-state index contributed by atoms with van der Waals surface area (Å²) in [5, 5.41) is 4.79. The lowest BCUT2D eigenvalue weighted by Crippen LogP contribution is -2.24. The van der Waals surface area contributed by atoms with E-state index in [-0.39, 0.29) is 6.61 Å². The minimum Gasteiger partial charge on any atom is -0.489 e. The number of nitrogens with one attached hydrogen (secondary N) is 1. The second-order valence-corrected chi connectivity index (χ2v) is 5.11. The maximum atomic E-state index is 10.5. The summed E-state index contributed by atoms with van der Waals surface area (Å²) in [4.78, 5) is 10.5. The highest BCUT2D eigenvalue weighted by atomic mass is 35.5. The van der Waals surface area contributed by atoms with Gasteiger partial charge in [0.2, 0.25) is 0 Å². The number of carbonyl (C=O) groups excluding carboxylic acids is 1. The van der Waals surface area contributed by atoms with Crippen LogP contribution in [0.1, 0.15) is 11.1 Å². The average Bonchev–Trinajstić information content (AvgIpc) is 2.48. The predicted octanol–water partition coefficient (Wildman–Crippen LogP) is 3.57. The lowest BCUT2D eigenvalue weighted by atomic mass is 10.2. The molecule has 0 saturated carbocycles. The largest absolute Gasteiger partial charge is 0.489 e. The van der Waals surface area contributed by atoms with E-state index in [4.69, 9.17) is 33.7 Å². The van der Waals surface area contributed by atoms with Crippen molar-refractivity contribution in [1.82, 2.24) is 5.43 Å². The first-order chi connectivity index (χ1) is 10.6. The van der Waals surface area contributed by atoms with Crippen molar-refractivity contribution in [2.75, 3.05) is 0 Å². The van der Waals surface area contributed by atoms with Crippen molar-refractivity contribution in [2.24, 2.45) is 10.8 Å². The molecule has 0 atom stereocenters. The summed E-state index contributed by atoms with van der Waals surface area (Å²) in [7, 11) is 0. The van der Waals surface area contributed by atoms with E-state index in [9.17, 15) is 4.79 Å². The molecule has 114 valence electrons. The molecule has 0 saturated heterocycles. The highest BCUT2D eigenvalue weighted by molar-refractivity contribution is 6.35. The van der Waals surface area contributed by atoms with Crippen LogP contribution in [0.5, 0.6) is 5.75 Å². The number of hydrogen-bond donors (Lipinski definition) is 2. The van der Waals surface area contributed by atoms with Gasteiger partial charge in [-0.15, -0.1) is 0 Å². The zero-order valence-electron chi connectivity index (χ0n) is 11.4. The molecule has 7 heteroatoms. The number of primary amides is 1.